The van der Waals surface area contributed by atoms with Crippen LogP contribution in [0.5, 0.6) is 5.75 Å². The lowest BCUT2D eigenvalue weighted by molar-refractivity contribution is -0.118. The van der Waals surface area contributed by atoms with Crippen LogP contribution >= 0.6 is 11.6 Å². The first-order chi connectivity index (χ1) is 10.1. The third-order valence-corrected chi connectivity index (χ3v) is 3.79. The van der Waals surface area contributed by atoms with Gasteiger partial charge in [-0.15, -0.1) is 0 Å². The first-order valence-electron chi connectivity index (χ1n) is 7.25. The van der Waals surface area contributed by atoms with Crippen LogP contribution in [-0.4, -0.2) is 18.6 Å². The number of carbonyl (C=O) groups is 1. The van der Waals surface area contributed by atoms with Crippen LogP contribution in [0.1, 0.15) is 25.3 Å². The second-order valence-electron chi connectivity index (χ2n) is 5.50. The molecular formula is C17H18ClNO2. The van der Waals surface area contributed by atoms with Crippen LogP contribution < -0.4 is 10.1 Å². The van der Waals surface area contributed by atoms with E-state index in [0.29, 0.717) is 12.6 Å². The van der Waals surface area contributed by atoms with Crippen molar-refractivity contribution in [3.05, 3.63) is 40.9 Å². The fourth-order valence-electron chi connectivity index (χ4n) is 2.41. The molecular weight excluding hydrogens is 286 g/mol. The lowest BCUT2D eigenvalue weighted by atomic mass is 10.0. The minimum atomic E-state index is -0.0147. The van der Waals surface area contributed by atoms with Gasteiger partial charge in [-0.1, -0.05) is 17.7 Å². The summed E-state index contributed by atoms with van der Waals surface area (Å²) in [6, 6.07) is 10.0. The van der Waals surface area contributed by atoms with E-state index in [1.54, 1.807) is 0 Å². The van der Waals surface area contributed by atoms with Gasteiger partial charge < -0.3 is 10.1 Å². The maximum absolute atomic E-state index is 11.0. The Morgan fingerprint density at radius 2 is 2.14 bits per heavy atom. The summed E-state index contributed by atoms with van der Waals surface area (Å²) in [7, 11) is 0. The highest BCUT2D eigenvalue weighted by atomic mass is 35.5. The molecule has 1 amide bonds. The van der Waals surface area contributed by atoms with E-state index >= 15 is 0 Å². The van der Waals surface area contributed by atoms with Gasteiger partial charge in [0.15, 0.2) is 0 Å². The molecule has 0 unspecified atom stereocenters. The first-order valence-corrected chi connectivity index (χ1v) is 7.63. The summed E-state index contributed by atoms with van der Waals surface area (Å²) in [5, 5.41) is 5.78. The van der Waals surface area contributed by atoms with E-state index in [9.17, 15) is 4.79 Å². The zero-order valence-corrected chi connectivity index (χ0v) is 12.7. The maximum Gasteiger partial charge on any atom is 0.216 e. The molecule has 0 bridgehead atoms. The van der Waals surface area contributed by atoms with E-state index in [-0.39, 0.29) is 5.91 Å². The summed E-state index contributed by atoms with van der Waals surface area (Å²) in [4.78, 5) is 11.0. The van der Waals surface area contributed by atoms with E-state index in [0.717, 1.165) is 46.4 Å². The van der Waals surface area contributed by atoms with Gasteiger partial charge in [0, 0.05) is 18.5 Å². The van der Waals surface area contributed by atoms with Gasteiger partial charge in [0.1, 0.15) is 5.75 Å². The normalized spacial score (nSPS) is 14.2. The van der Waals surface area contributed by atoms with Crippen molar-refractivity contribution < 1.29 is 9.53 Å². The number of halogens is 1. The lowest BCUT2D eigenvalue weighted by Gasteiger charge is -2.11. The van der Waals surface area contributed by atoms with Crippen molar-refractivity contribution in [2.24, 2.45) is 0 Å². The van der Waals surface area contributed by atoms with E-state index in [1.807, 2.05) is 24.3 Å². The molecule has 1 saturated carbocycles. The van der Waals surface area contributed by atoms with Crippen LogP contribution in [0.3, 0.4) is 0 Å². The third kappa shape index (κ3) is 3.67. The van der Waals surface area contributed by atoms with Crippen LogP contribution in [-0.2, 0) is 11.2 Å². The Morgan fingerprint density at radius 1 is 1.33 bits per heavy atom. The molecule has 0 radical (unpaired) electrons. The summed E-state index contributed by atoms with van der Waals surface area (Å²) in [6.07, 6.45) is 3.43. The second kappa shape index (κ2) is 5.94. The average Bonchev–Trinajstić information content (AvgIpc) is 3.23. The van der Waals surface area contributed by atoms with Crippen molar-refractivity contribution in [3.8, 4) is 5.75 Å². The first kappa shape index (κ1) is 14.2. The molecule has 0 saturated heterocycles. The van der Waals surface area contributed by atoms with Crippen LogP contribution in [0.4, 0.5) is 0 Å². The van der Waals surface area contributed by atoms with E-state index in [1.165, 1.54) is 6.92 Å². The van der Waals surface area contributed by atoms with E-state index < -0.39 is 0 Å². The van der Waals surface area contributed by atoms with Gasteiger partial charge in [-0.25, -0.2) is 0 Å². The van der Waals surface area contributed by atoms with Gasteiger partial charge in [0.25, 0.3) is 0 Å². The highest BCUT2D eigenvalue weighted by molar-refractivity contribution is 6.31. The zero-order valence-electron chi connectivity index (χ0n) is 12.0. The quantitative estimate of drug-likeness (QED) is 0.914. The SMILES string of the molecule is CC(=O)NCCc1cc(Cl)cc2ccc(OC3CC3)cc12. The highest BCUT2D eigenvalue weighted by Crippen LogP contribution is 2.31. The largest absolute Gasteiger partial charge is 0.490 e. The summed E-state index contributed by atoms with van der Waals surface area (Å²) in [5.41, 5.74) is 1.13. The lowest BCUT2D eigenvalue weighted by Crippen LogP contribution is -2.22. The summed E-state index contributed by atoms with van der Waals surface area (Å²) in [6.45, 7) is 2.14. The number of hydrogen-bond acceptors (Lipinski definition) is 2. The second-order valence-corrected chi connectivity index (χ2v) is 5.93. The number of nitrogens with one attached hydrogen (secondary N) is 1. The van der Waals surface area contributed by atoms with Crippen molar-refractivity contribution >= 4 is 28.3 Å². The van der Waals surface area contributed by atoms with E-state index in [2.05, 4.69) is 11.4 Å². The molecule has 0 aliphatic heterocycles. The van der Waals surface area contributed by atoms with Crippen LogP contribution in [0.15, 0.2) is 30.3 Å². The van der Waals surface area contributed by atoms with Crippen LogP contribution in [0.2, 0.25) is 5.02 Å². The Hall–Kier alpha value is -1.74. The zero-order chi connectivity index (χ0) is 14.8. The number of fused-ring (bicyclic) bond motifs is 1. The summed E-state index contributed by atoms with van der Waals surface area (Å²) in [5.74, 6) is 0.896. The summed E-state index contributed by atoms with van der Waals surface area (Å²) < 4.78 is 5.86. The van der Waals surface area contributed by atoms with Crippen molar-refractivity contribution in [1.82, 2.24) is 5.32 Å². The van der Waals surface area contributed by atoms with Crippen LogP contribution in [0.25, 0.3) is 10.8 Å². The fourth-order valence-corrected chi connectivity index (χ4v) is 2.65. The maximum atomic E-state index is 11.0. The number of hydrogen-bond donors (Lipinski definition) is 1. The minimum Gasteiger partial charge on any atom is -0.490 e. The Kier molecular flexibility index (Phi) is 4.02. The standard InChI is InChI=1S/C17H18ClNO2/c1-11(20)19-7-6-13-9-14(18)8-12-2-3-16(10-17(12)13)21-15-4-5-15/h2-3,8-10,15H,4-7H2,1H3,(H,19,20). The van der Waals surface area contributed by atoms with Crippen molar-refractivity contribution in [2.45, 2.75) is 32.3 Å². The van der Waals surface area contributed by atoms with Crippen molar-refractivity contribution in [3.63, 3.8) is 0 Å². The Morgan fingerprint density at radius 3 is 2.86 bits per heavy atom. The van der Waals surface area contributed by atoms with Gasteiger partial charge in [-0.3, -0.25) is 4.79 Å². The van der Waals surface area contributed by atoms with Gasteiger partial charge in [-0.05, 0) is 59.9 Å². The molecule has 21 heavy (non-hydrogen) atoms. The van der Waals surface area contributed by atoms with Gasteiger partial charge in [0.05, 0.1) is 6.10 Å². The number of carbonyl (C=O) groups excluding carboxylic acids is 1. The molecule has 1 aliphatic rings. The molecule has 3 rings (SSSR count). The summed E-state index contributed by atoms with van der Waals surface area (Å²) >= 11 is 6.18. The molecule has 110 valence electrons. The molecule has 3 nitrogen and oxygen atoms in total. The molecule has 0 spiro atoms. The van der Waals surface area contributed by atoms with Crippen molar-refractivity contribution in [2.75, 3.05) is 6.54 Å². The molecule has 4 heteroatoms. The van der Waals surface area contributed by atoms with E-state index in [4.69, 9.17) is 16.3 Å². The monoisotopic (exact) mass is 303 g/mol. The molecule has 0 heterocycles. The number of benzene rings is 2. The topological polar surface area (TPSA) is 38.3 Å². The number of ether oxygens (including phenoxy) is 1. The number of amides is 1. The Labute approximate surface area is 129 Å². The van der Waals surface area contributed by atoms with Gasteiger partial charge in [0.2, 0.25) is 5.91 Å². The van der Waals surface area contributed by atoms with Crippen LogP contribution in [0, 0.1) is 0 Å². The molecule has 0 aromatic heterocycles. The number of rotatable bonds is 5. The Balaban J connectivity index is 1.89. The smallest absolute Gasteiger partial charge is 0.216 e. The molecule has 2 aromatic carbocycles. The fraction of sp³-hybridized carbons (Fsp3) is 0.353. The minimum absolute atomic E-state index is 0.0147. The average molecular weight is 304 g/mol. The molecule has 2 aromatic rings. The predicted octanol–water partition coefficient (Wildman–Crippen LogP) is 3.71. The molecule has 1 N–H and O–H groups in total. The van der Waals surface area contributed by atoms with Gasteiger partial charge in [-0.2, -0.15) is 0 Å². The Bertz CT molecular complexity index is 680. The molecule has 1 fully saturated rings. The predicted molar refractivity (Wildman–Crippen MR) is 85.0 cm³/mol. The molecule has 0 atom stereocenters. The highest BCUT2D eigenvalue weighted by Gasteiger charge is 2.23. The molecule has 1 aliphatic carbocycles. The van der Waals surface area contributed by atoms with Crippen molar-refractivity contribution in [1.29, 1.82) is 0 Å². The van der Waals surface area contributed by atoms with Gasteiger partial charge >= 0.3 is 0 Å². The third-order valence-electron chi connectivity index (χ3n) is 3.57.